The van der Waals surface area contributed by atoms with Gasteiger partial charge in [-0.15, -0.1) is 0 Å². The lowest BCUT2D eigenvalue weighted by molar-refractivity contribution is -0.131. The van der Waals surface area contributed by atoms with E-state index < -0.39 is 11.8 Å². The fraction of sp³-hybridized carbons (Fsp3) is 0.471. The number of halogens is 1. The number of nitrogens with zero attached hydrogens (tertiary/aromatic N) is 1. The molecular formula is C17H22FNO2. The molecule has 0 unspecified atom stereocenters. The van der Waals surface area contributed by atoms with E-state index in [0.29, 0.717) is 11.6 Å². The van der Waals surface area contributed by atoms with Crippen molar-refractivity contribution < 1.29 is 14.3 Å². The van der Waals surface area contributed by atoms with Crippen LogP contribution in [0.5, 0.6) is 0 Å². The molecule has 0 saturated heterocycles. The third-order valence-electron chi connectivity index (χ3n) is 3.77. The average molecular weight is 291 g/mol. The van der Waals surface area contributed by atoms with Crippen LogP contribution in [0.1, 0.15) is 37.8 Å². The number of benzene rings is 1. The first kappa shape index (κ1) is 15.7. The van der Waals surface area contributed by atoms with Crippen molar-refractivity contribution in [2.75, 3.05) is 6.54 Å². The van der Waals surface area contributed by atoms with E-state index >= 15 is 0 Å². The summed E-state index contributed by atoms with van der Waals surface area (Å²) in [6, 6.07) is 5.35. The molecule has 0 aromatic heterocycles. The van der Waals surface area contributed by atoms with Crippen LogP contribution >= 0.6 is 0 Å². The second-order valence-corrected chi connectivity index (χ2v) is 5.99. The van der Waals surface area contributed by atoms with Gasteiger partial charge in [0.25, 0.3) is 0 Å². The number of rotatable bonds is 7. The molecule has 0 amide bonds. The lowest BCUT2D eigenvalue weighted by Gasteiger charge is -2.26. The van der Waals surface area contributed by atoms with E-state index in [1.165, 1.54) is 25.0 Å². The molecule has 1 N–H and O–H groups in total. The molecule has 0 atom stereocenters. The van der Waals surface area contributed by atoms with E-state index in [2.05, 4.69) is 18.7 Å². The summed E-state index contributed by atoms with van der Waals surface area (Å²) in [7, 11) is 0. The first-order valence-electron chi connectivity index (χ1n) is 7.39. The normalized spacial score (nSPS) is 15.3. The highest BCUT2D eigenvalue weighted by atomic mass is 19.1. The Hall–Kier alpha value is -1.68. The van der Waals surface area contributed by atoms with Crippen molar-refractivity contribution in [1.29, 1.82) is 0 Å². The van der Waals surface area contributed by atoms with Crippen LogP contribution in [-0.4, -0.2) is 28.6 Å². The summed E-state index contributed by atoms with van der Waals surface area (Å²) in [4.78, 5) is 12.9. The van der Waals surface area contributed by atoms with Gasteiger partial charge in [0, 0.05) is 30.8 Å². The second kappa shape index (κ2) is 6.85. The van der Waals surface area contributed by atoms with Crippen LogP contribution in [0.15, 0.2) is 24.3 Å². The van der Waals surface area contributed by atoms with Crippen LogP contribution in [0.3, 0.4) is 0 Å². The maximum absolute atomic E-state index is 13.7. The lowest BCUT2D eigenvalue weighted by atomic mass is 10.1. The van der Waals surface area contributed by atoms with Gasteiger partial charge in [0.1, 0.15) is 5.82 Å². The van der Waals surface area contributed by atoms with E-state index in [4.69, 9.17) is 5.11 Å². The number of carboxylic acid groups (broad SMARTS) is 1. The Bertz CT molecular complexity index is 536. The zero-order chi connectivity index (χ0) is 15.4. The second-order valence-electron chi connectivity index (χ2n) is 5.99. The predicted octanol–water partition coefficient (Wildman–Crippen LogP) is 3.54. The molecule has 1 fully saturated rings. The highest BCUT2D eigenvalue weighted by molar-refractivity contribution is 5.85. The summed E-state index contributed by atoms with van der Waals surface area (Å²) in [5.41, 5.74) is 1.33. The van der Waals surface area contributed by atoms with Gasteiger partial charge in [0.2, 0.25) is 0 Å². The molecule has 0 heterocycles. The summed E-state index contributed by atoms with van der Waals surface area (Å²) in [6.45, 7) is 6.17. The quantitative estimate of drug-likeness (QED) is 0.781. The highest BCUT2D eigenvalue weighted by Crippen LogP contribution is 2.31. The largest absolute Gasteiger partial charge is 0.478 e. The predicted molar refractivity (Wildman–Crippen MR) is 81.3 cm³/mol. The summed E-state index contributed by atoms with van der Waals surface area (Å²) in [6.07, 6.45) is 4.88. The number of carboxylic acids is 1. The maximum atomic E-state index is 13.7. The first-order valence-corrected chi connectivity index (χ1v) is 7.39. The molecule has 1 aliphatic carbocycles. The minimum absolute atomic E-state index is 0.324. The average Bonchev–Trinajstić information content (AvgIpc) is 3.22. The summed E-state index contributed by atoms with van der Waals surface area (Å²) >= 11 is 0. The molecule has 0 aliphatic heterocycles. The Morgan fingerprint density at radius 1 is 1.48 bits per heavy atom. The van der Waals surface area contributed by atoms with Gasteiger partial charge >= 0.3 is 5.97 Å². The maximum Gasteiger partial charge on any atom is 0.328 e. The Morgan fingerprint density at radius 3 is 2.76 bits per heavy atom. The molecule has 3 nitrogen and oxygen atoms in total. The van der Waals surface area contributed by atoms with Gasteiger partial charge in [0.15, 0.2) is 0 Å². The summed E-state index contributed by atoms with van der Waals surface area (Å²) in [5, 5.41) is 8.64. The van der Waals surface area contributed by atoms with Crippen molar-refractivity contribution in [2.24, 2.45) is 5.92 Å². The smallest absolute Gasteiger partial charge is 0.328 e. The van der Waals surface area contributed by atoms with E-state index in [9.17, 15) is 9.18 Å². The minimum atomic E-state index is -1.07. The van der Waals surface area contributed by atoms with Crippen molar-refractivity contribution in [3.8, 4) is 0 Å². The SMILES string of the molecule is CC(C)N(Cc1ccc(F)c(C=CC(=O)O)c1)CC1CC1. The zero-order valence-corrected chi connectivity index (χ0v) is 12.6. The van der Waals surface area contributed by atoms with Crippen molar-refractivity contribution in [3.05, 3.63) is 41.2 Å². The lowest BCUT2D eigenvalue weighted by Crippen LogP contribution is -2.32. The topological polar surface area (TPSA) is 40.5 Å². The molecular weight excluding hydrogens is 269 g/mol. The van der Waals surface area contributed by atoms with Gasteiger partial charge in [-0.1, -0.05) is 6.07 Å². The van der Waals surface area contributed by atoms with E-state index in [-0.39, 0.29) is 0 Å². The Labute approximate surface area is 125 Å². The summed E-state index contributed by atoms with van der Waals surface area (Å²) < 4.78 is 13.7. The molecule has 1 saturated carbocycles. The van der Waals surface area contributed by atoms with E-state index in [0.717, 1.165) is 30.6 Å². The van der Waals surface area contributed by atoms with Gasteiger partial charge in [-0.05, 0) is 56.4 Å². The van der Waals surface area contributed by atoms with Crippen LogP contribution < -0.4 is 0 Å². The fourth-order valence-electron chi connectivity index (χ4n) is 2.30. The van der Waals surface area contributed by atoms with Crippen molar-refractivity contribution >= 4 is 12.0 Å². The zero-order valence-electron chi connectivity index (χ0n) is 12.6. The van der Waals surface area contributed by atoms with Crippen LogP contribution in [0.25, 0.3) is 6.08 Å². The van der Waals surface area contributed by atoms with Gasteiger partial charge in [-0.2, -0.15) is 0 Å². The number of hydrogen-bond acceptors (Lipinski definition) is 2. The first-order chi connectivity index (χ1) is 9.95. The molecule has 4 heteroatoms. The van der Waals surface area contributed by atoms with E-state index in [1.54, 1.807) is 12.1 Å². The molecule has 1 aromatic carbocycles. The number of aliphatic carboxylic acids is 1. The van der Waals surface area contributed by atoms with Gasteiger partial charge in [-0.3, -0.25) is 4.90 Å². The Kier molecular flexibility index (Phi) is 5.12. The minimum Gasteiger partial charge on any atom is -0.478 e. The van der Waals surface area contributed by atoms with Crippen molar-refractivity contribution in [1.82, 2.24) is 4.90 Å². The van der Waals surface area contributed by atoms with Gasteiger partial charge < -0.3 is 5.11 Å². The molecule has 0 radical (unpaired) electrons. The number of hydrogen-bond donors (Lipinski definition) is 1. The molecule has 1 aliphatic rings. The Morgan fingerprint density at radius 2 is 2.19 bits per heavy atom. The van der Waals surface area contributed by atoms with E-state index in [1.807, 2.05) is 0 Å². The van der Waals surface area contributed by atoms with Crippen molar-refractivity contribution in [3.63, 3.8) is 0 Å². The summed E-state index contributed by atoms with van der Waals surface area (Å²) in [5.74, 6) is -0.661. The monoisotopic (exact) mass is 291 g/mol. The molecule has 1 aromatic rings. The third-order valence-corrected chi connectivity index (χ3v) is 3.77. The fourth-order valence-corrected chi connectivity index (χ4v) is 2.30. The highest BCUT2D eigenvalue weighted by Gasteiger charge is 2.25. The molecule has 114 valence electrons. The Balaban J connectivity index is 2.11. The van der Waals surface area contributed by atoms with Crippen LogP contribution in [0.4, 0.5) is 4.39 Å². The molecule has 0 bridgehead atoms. The van der Waals surface area contributed by atoms with Crippen LogP contribution in [0, 0.1) is 11.7 Å². The van der Waals surface area contributed by atoms with Gasteiger partial charge in [0.05, 0.1) is 0 Å². The third kappa shape index (κ3) is 4.97. The number of carbonyl (C=O) groups is 1. The molecule has 0 spiro atoms. The van der Waals surface area contributed by atoms with Crippen LogP contribution in [-0.2, 0) is 11.3 Å². The molecule has 21 heavy (non-hydrogen) atoms. The molecule has 2 rings (SSSR count). The van der Waals surface area contributed by atoms with Crippen LogP contribution in [0.2, 0.25) is 0 Å². The van der Waals surface area contributed by atoms with Gasteiger partial charge in [-0.25, -0.2) is 9.18 Å². The standard InChI is InChI=1S/C17H22FNO2/c1-12(2)19(10-13-3-4-13)11-14-5-7-16(18)15(9-14)6-8-17(20)21/h5-9,12-13H,3-4,10-11H2,1-2H3,(H,20,21). The van der Waals surface area contributed by atoms with Crippen molar-refractivity contribution in [2.45, 2.75) is 39.3 Å².